The van der Waals surface area contributed by atoms with E-state index >= 15 is 0 Å². The maximum absolute atomic E-state index is 12.9. The number of benzene rings is 1. The van der Waals surface area contributed by atoms with E-state index in [-0.39, 0.29) is 24.0 Å². The molecule has 30 heavy (non-hydrogen) atoms. The number of aryl methyl sites for hydroxylation is 2. The highest BCUT2D eigenvalue weighted by Crippen LogP contribution is 2.38. The molecule has 0 spiro atoms. The summed E-state index contributed by atoms with van der Waals surface area (Å²) in [6.07, 6.45) is 1.60. The number of pyridine rings is 2. The zero-order valence-corrected chi connectivity index (χ0v) is 16.7. The Morgan fingerprint density at radius 2 is 2.03 bits per heavy atom. The Morgan fingerprint density at radius 3 is 2.70 bits per heavy atom. The Hall–Kier alpha value is -4.17. The smallest absolute Gasteiger partial charge is 0.340 e. The molecular formula is C22H18N4O4. The summed E-state index contributed by atoms with van der Waals surface area (Å²) in [5.74, 6) is -0.368. The summed E-state index contributed by atoms with van der Waals surface area (Å²) in [6, 6.07) is 8.69. The lowest BCUT2D eigenvalue weighted by molar-refractivity contribution is 0.0513. The minimum absolute atomic E-state index is 0.0427. The lowest BCUT2D eigenvalue weighted by atomic mass is 9.93. The van der Waals surface area contributed by atoms with Crippen molar-refractivity contribution in [1.82, 2.24) is 9.97 Å². The third-order valence-electron chi connectivity index (χ3n) is 4.65. The minimum Gasteiger partial charge on any atom is -0.496 e. The van der Waals surface area contributed by atoms with Gasteiger partial charge in [-0.1, -0.05) is 0 Å². The summed E-state index contributed by atoms with van der Waals surface area (Å²) in [6.45, 7) is 3.37. The Balaban J connectivity index is 2.44. The number of H-pyrrole nitrogens is 1. The number of carbonyl (C=O) groups excluding carboxylic acids is 1. The predicted octanol–water partition coefficient (Wildman–Crippen LogP) is 3.16. The molecule has 0 aliphatic carbocycles. The van der Waals surface area contributed by atoms with Crippen LogP contribution in [0.1, 0.15) is 33.6 Å². The number of carbonyl (C=O) groups is 1. The molecule has 2 heterocycles. The maximum Gasteiger partial charge on any atom is 0.340 e. The van der Waals surface area contributed by atoms with Gasteiger partial charge in [0.1, 0.15) is 12.4 Å². The van der Waals surface area contributed by atoms with Gasteiger partial charge >= 0.3 is 5.97 Å². The molecule has 0 fully saturated rings. The van der Waals surface area contributed by atoms with Gasteiger partial charge in [-0.2, -0.15) is 10.5 Å². The standard InChI is InChI=1S/C22H18N4O4/c1-12-11-25-21(27)19-18(15-6-5-14(10-24)9-16(15)29-3)17(13(2)26-20(12)19)22(28)30-8-4-7-23/h5-6,9,11H,4,8H2,1-3H3,(H,25,27). The zero-order chi connectivity index (χ0) is 21.8. The average molecular weight is 402 g/mol. The quantitative estimate of drug-likeness (QED) is 0.512. The van der Waals surface area contributed by atoms with Crippen LogP contribution in [0.15, 0.2) is 29.2 Å². The number of hydrogen-bond acceptors (Lipinski definition) is 7. The topological polar surface area (TPSA) is 129 Å². The van der Waals surface area contributed by atoms with Crippen LogP contribution in [0.5, 0.6) is 5.75 Å². The van der Waals surface area contributed by atoms with E-state index in [2.05, 4.69) is 9.97 Å². The van der Waals surface area contributed by atoms with Gasteiger partial charge < -0.3 is 14.5 Å². The van der Waals surface area contributed by atoms with Crippen molar-refractivity contribution in [2.75, 3.05) is 13.7 Å². The first-order valence-electron chi connectivity index (χ1n) is 9.08. The predicted molar refractivity (Wildman–Crippen MR) is 109 cm³/mol. The summed E-state index contributed by atoms with van der Waals surface area (Å²) in [5.41, 5.74) is 2.38. The number of aromatic amines is 1. The second-order valence-corrected chi connectivity index (χ2v) is 6.54. The number of methoxy groups -OCH3 is 1. The number of fused-ring (bicyclic) bond motifs is 1. The molecule has 0 bridgehead atoms. The molecule has 1 aromatic carbocycles. The number of nitrogens with one attached hydrogen (secondary N) is 1. The molecular weight excluding hydrogens is 384 g/mol. The highest BCUT2D eigenvalue weighted by atomic mass is 16.5. The fourth-order valence-electron chi connectivity index (χ4n) is 3.27. The van der Waals surface area contributed by atoms with Gasteiger partial charge in [0.2, 0.25) is 0 Å². The summed E-state index contributed by atoms with van der Waals surface area (Å²) in [5, 5.41) is 18.1. The Bertz CT molecular complexity index is 1300. The molecule has 0 atom stereocenters. The highest BCUT2D eigenvalue weighted by molar-refractivity contribution is 6.09. The Kier molecular flexibility index (Phi) is 5.80. The second kappa shape index (κ2) is 8.46. The molecule has 0 amide bonds. The van der Waals surface area contributed by atoms with Crippen molar-refractivity contribution in [2.24, 2.45) is 0 Å². The van der Waals surface area contributed by atoms with Crippen LogP contribution in [-0.4, -0.2) is 29.7 Å². The molecule has 1 N–H and O–H groups in total. The van der Waals surface area contributed by atoms with Gasteiger partial charge in [0.25, 0.3) is 5.56 Å². The number of ether oxygens (including phenoxy) is 2. The molecule has 3 rings (SSSR count). The number of hydrogen-bond donors (Lipinski definition) is 1. The molecule has 0 aliphatic rings. The van der Waals surface area contributed by atoms with Gasteiger partial charge in [-0.05, 0) is 37.6 Å². The van der Waals surface area contributed by atoms with E-state index in [0.29, 0.717) is 33.7 Å². The first kappa shape index (κ1) is 20.6. The maximum atomic E-state index is 12.9. The van der Waals surface area contributed by atoms with Crippen LogP contribution in [0.2, 0.25) is 0 Å². The Labute approximate surface area is 172 Å². The average Bonchev–Trinajstić information content (AvgIpc) is 2.75. The lowest BCUT2D eigenvalue weighted by Gasteiger charge is -2.17. The molecule has 0 unspecified atom stereocenters. The van der Waals surface area contributed by atoms with Gasteiger partial charge in [-0.15, -0.1) is 0 Å². The first-order chi connectivity index (χ1) is 14.4. The first-order valence-corrected chi connectivity index (χ1v) is 9.08. The van der Waals surface area contributed by atoms with Gasteiger partial charge in [0.15, 0.2) is 0 Å². The van der Waals surface area contributed by atoms with E-state index in [4.69, 9.17) is 14.7 Å². The summed E-state index contributed by atoms with van der Waals surface area (Å²) >= 11 is 0. The summed E-state index contributed by atoms with van der Waals surface area (Å²) < 4.78 is 10.7. The molecule has 150 valence electrons. The zero-order valence-electron chi connectivity index (χ0n) is 16.7. The van der Waals surface area contributed by atoms with E-state index in [1.807, 2.05) is 12.1 Å². The molecule has 0 saturated heterocycles. The van der Waals surface area contributed by atoms with Crippen molar-refractivity contribution < 1.29 is 14.3 Å². The van der Waals surface area contributed by atoms with Gasteiger partial charge in [-0.3, -0.25) is 9.78 Å². The van der Waals surface area contributed by atoms with Crippen LogP contribution in [0.4, 0.5) is 0 Å². The SMILES string of the molecule is COc1cc(C#N)ccc1-c1c(C(=O)OCCC#N)c(C)nc2c(C)c[nH]c(=O)c12. The van der Waals surface area contributed by atoms with Gasteiger partial charge in [0, 0.05) is 17.3 Å². The van der Waals surface area contributed by atoms with E-state index in [1.165, 1.54) is 13.2 Å². The number of nitrogens with zero attached hydrogens (tertiary/aromatic N) is 3. The van der Waals surface area contributed by atoms with Crippen molar-refractivity contribution in [3.63, 3.8) is 0 Å². The van der Waals surface area contributed by atoms with Crippen molar-refractivity contribution in [1.29, 1.82) is 10.5 Å². The molecule has 3 aromatic rings. The number of rotatable bonds is 5. The van der Waals surface area contributed by atoms with Gasteiger partial charge in [0.05, 0.1) is 53.4 Å². The summed E-state index contributed by atoms with van der Waals surface area (Å²) in [4.78, 5) is 32.9. The van der Waals surface area contributed by atoms with Crippen molar-refractivity contribution >= 4 is 16.9 Å². The van der Waals surface area contributed by atoms with Crippen molar-refractivity contribution in [3.05, 3.63) is 57.1 Å². The molecule has 8 nitrogen and oxygen atoms in total. The van der Waals surface area contributed by atoms with Crippen LogP contribution < -0.4 is 10.3 Å². The number of esters is 1. The fourth-order valence-corrected chi connectivity index (χ4v) is 3.27. The third kappa shape index (κ3) is 3.59. The largest absolute Gasteiger partial charge is 0.496 e. The van der Waals surface area contributed by atoms with E-state index in [9.17, 15) is 14.9 Å². The molecule has 2 aromatic heterocycles. The van der Waals surface area contributed by atoms with Crippen LogP contribution >= 0.6 is 0 Å². The van der Waals surface area contributed by atoms with Crippen LogP contribution in [0.25, 0.3) is 22.0 Å². The molecule has 8 heteroatoms. The van der Waals surface area contributed by atoms with Crippen LogP contribution in [-0.2, 0) is 4.74 Å². The van der Waals surface area contributed by atoms with E-state index < -0.39 is 11.5 Å². The molecule has 0 saturated carbocycles. The second-order valence-electron chi connectivity index (χ2n) is 6.54. The molecule has 0 aliphatic heterocycles. The highest BCUT2D eigenvalue weighted by Gasteiger charge is 2.26. The Morgan fingerprint density at radius 1 is 1.27 bits per heavy atom. The number of aromatic nitrogens is 2. The van der Waals surface area contributed by atoms with Crippen LogP contribution in [0.3, 0.4) is 0 Å². The lowest BCUT2D eigenvalue weighted by Crippen LogP contribution is -2.16. The fraction of sp³-hybridized carbons (Fsp3) is 0.227. The third-order valence-corrected chi connectivity index (χ3v) is 4.65. The minimum atomic E-state index is -0.695. The summed E-state index contributed by atoms with van der Waals surface area (Å²) in [7, 11) is 1.44. The van der Waals surface area contributed by atoms with E-state index in [0.717, 1.165) is 5.56 Å². The van der Waals surface area contributed by atoms with Crippen LogP contribution in [0, 0.1) is 36.5 Å². The monoisotopic (exact) mass is 402 g/mol. The van der Waals surface area contributed by atoms with Crippen molar-refractivity contribution in [2.45, 2.75) is 20.3 Å². The number of nitriles is 2. The molecule has 0 radical (unpaired) electrons. The van der Waals surface area contributed by atoms with Gasteiger partial charge in [-0.25, -0.2) is 4.79 Å². The van der Waals surface area contributed by atoms with Crippen molar-refractivity contribution in [3.8, 4) is 29.0 Å². The van der Waals surface area contributed by atoms with E-state index in [1.54, 1.807) is 32.2 Å². The normalized spacial score (nSPS) is 10.3.